The van der Waals surface area contributed by atoms with Crippen molar-refractivity contribution in [3.8, 4) is 0 Å². The van der Waals surface area contributed by atoms with E-state index in [0.717, 1.165) is 18.6 Å². The van der Waals surface area contributed by atoms with Crippen molar-refractivity contribution in [1.29, 1.82) is 0 Å². The molecule has 1 aliphatic carbocycles. The first-order chi connectivity index (χ1) is 6.09. The first-order valence-corrected chi connectivity index (χ1v) is 3.93. The van der Waals surface area contributed by atoms with Gasteiger partial charge in [-0.15, -0.1) is 0 Å². The van der Waals surface area contributed by atoms with Gasteiger partial charge in [-0.05, 0) is 25.8 Å². The molecule has 5 nitrogen and oxygen atoms in total. The first-order valence-electron chi connectivity index (χ1n) is 3.93. The average molecular weight is 181 g/mol. The Bertz CT molecular complexity index is 305. The van der Waals surface area contributed by atoms with Crippen LogP contribution in [0, 0.1) is 0 Å². The minimum absolute atomic E-state index is 0.770. The quantitative estimate of drug-likeness (QED) is 0.429. The SMILES string of the molecule is CC1=C/C(=N/NC(=O)C(N)=O)CC1. The maximum absolute atomic E-state index is 10.7. The maximum Gasteiger partial charge on any atom is 0.329 e. The van der Waals surface area contributed by atoms with E-state index in [-0.39, 0.29) is 0 Å². The fourth-order valence-corrected chi connectivity index (χ4v) is 1.02. The zero-order chi connectivity index (χ0) is 9.84. The van der Waals surface area contributed by atoms with Crippen LogP contribution in [0.2, 0.25) is 0 Å². The normalized spacial score (nSPS) is 18.5. The van der Waals surface area contributed by atoms with E-state index in [9.17, 15) is 9.59 Å². The number of hydrogen-bond donors (Lipinski definition) is 2. The summed E-state index contributed by atoms with van der Waals surface area (Å²) >= 11 is 0. The van der Waals surface area contributed by atoms with E-state index in [4.69, 9.17) is 5.73 Å². The van der Waals surface area contributed by atoms with Gasteiger partial charge in [-0.1, -0.05) is 5.57 Å². The Kier molecular flexibility index (Phi) is 2.79. The summed E-state index contributed by atoms with van der Waals surface area (Å²) in [5, 5.41) is 3.73. The second kappa shape index (κ2) is 3.84. The second-order valence-corrected chi connectivity index (χ2v) is 2.90. The number of nitrogens with zero attached hydrogens (tertiary/aromatic N) is 1. The minimum atomic E-state index is -1.02. The van der Waals surface area contributed by atoms with E-state index < -0.39 is 11.8 Å². The number of carbonyl (C=O) groups excluding carboxylic acids is 2. The Morgan fingerprint density at radius 1 is 1.54 bits per heavy atom. The molecular weight excluding hydrogens is 170 g/mol. The zero-order valence-corrected chi connectivity index (χ0v) is 7.33. The molecule has 0 saturated carbocycles. The van der Waals surface area contributed by atoms with Crippen LogP contribution in [0.4, 0.5) is 0 Å². The molecule has 13 heavy (non-hydrogen) atoms. The van der Waals surface area contributed by atoms with Gasteiger partial charge in [0, 0.05) is 0 Å². The van der Waals surface area contributed by atoms with Gasteiger partial charge in [0.1, 0.15) is 0 Å². The summed E-state index contributed by atoms with van der Waals surface area (Å²) in [4.78, 5) is 21.0. The van der Waals surface area contributed by atoms with Crippen LogP contribution in [0.25, 0.3) is 0 Å². The van der Waals surface area contributed by atoms with Crippen LogP contribution < -0.4 is 11.2 Å². The molecular formula is C8H11N3O2. The van der Waals surface area contributed by atoms with E-state index in [1.165, 1.54) is 5.57 Å². The third kappa shape index (κ3) is 2.70. The van der Waals surface area contributed by atoms with Gasteiger partial charge in [-0.3, -0.25) is 9.59 Å². The van der Waals surface area contributed by atoms with Crippen molar-refractivity contribution >= 4 is 17.5 Å². The molecule has 0 aliphatic heterocycles. The Morgan fingerprint density at radius 2 is 2.23 bits per heavy atom. The molecule has 0 heterocycles. The van der Waals surface area contributed by atoms with Crippen LogP contribution in [0.3, 0.4) is 0 Å². The van der Waals surface area contributed by atoms with Crippen LogP contribution in [0.5, 0.6) is 0 Å². The van der Waals surface area contributed by atoms with Gasteiger partial charge in [0.15, 0.2) is 0 Å². The predicted octanol–water partition coefficient (Wildman–Crippen LogP) is -0.316. The number of nitrogens with two attached hydrogens (primary N) is 1. The van der Waals surface area contributed by atoms with Crippen LogP contribution in [-0.2, 0) is 9.59 Å². The number of hydrogen-bond acceptors (Lipinski definition) is 3. The maximum atomic E-state index is 10.7. The van der Waals surface area contributed by atoms with Gasteiger partial charge in [0.05, 0.1) is 5.71 Å². The first kappa shape index (κ1) is 9.44. The molecule has 0 spiro atoms. The molecule has 0 bridgehead atoms. The molecule has 1 aliphatic rings. The molecule has 0 unspecified atom stereocenters. The van der Waals surface area contributed by atoms with Crippen LogP contribution in [0.1, 0.15) is 19.8 Å². The number of carbonyl (C=O) groups is 2. The Hall–Kier alpha value is -1.65. The monoisotopic (exact) mass is 181 g/mol. The van der Waals surface area contributed by atoms with Crippen LogP contribution in [-0.4, -0.2) is 17.5 Å². The summed E-state index contributed by atoms with van der Waals surface area (Å²) in [6, 6.07) is 0. The predicted molar refractivity (Wildman–Crippen MR) is 47.8 cm³/mol. The lowest BCUT2D eigenvalue weighted by atomic mass is 10.3. The largest absolute Gasteiger partial charge is 0.361 e. The van der Waals surface area contributed by atoms with Gasteiger partial charge < -0.3 is 5.73 Å². The summed E-state index contributed by atoms with van der Waals surface area (Å²) < 4.78 is 0. The highest BCUT2D eigenvalue weighted by Crippen LogP contribution is 2.13. The highest BCUT2D eigenvalue weighted by atomic mass is 16.2. The van der Waals surface area contributed by atoms with Gasteiger partial charge in [0.2, 0.25) is 0 Å². The van der Waals surface area contributed by atoms with E-state index in [2.05, 4.69) is 10.5 Å². The van der Waals surface area contributed by atoms with E-state index in [1.54, 1.807) is 0 Å². The smallest absolute Gasteiger partial charge is 0.329 e. The van der Waals surface area contributed by atoms with Gasteiger partial charge in [-0.2, -0.15) is 5.10 Å². The molecule has 0 radical (unpaired) electrons. The molecule has 1 rings (SSSR count). The molecule has 3 N–H and O–H groups in total. The molecule has 0 fully saturated rings. The van der Waals surface area contributed by atoms with Crippen LogP contribution in [0.15, 0.2) is 16.8 Å². The molecule has 2 amide bonds. The van der Waals surface area contributed by atoms with Crippen molar-refractivity contribution in [1.82, 2.24) is 5.43 Å². The lowest BCUT2D eigenvalue weighted by Gasteiger charge is -1.94. The fourth-order valence-electron chi connectivity index (χ4n) is 1.02. The van der Waals surface area contributed by atoms with Crippen LogP contribution >= 0.6 is 0 Å². The summed E-state index contributed by atoms with van der Waals surface area (Å²) in [6.45, 7) is 1.98. The molecule has 0 saturated heterocycles. The zero-order valence-electron chi connectivity index (χ0n) is 7.33. The fraction of sp³-hybridized carbons (Fsp3) is 0.375. The summed E-state index contributed by atoms with van der Waals surface area (Å²) in [5.74, 6) is -1.91. The molecule has 0 aromatic rings. The number of primary amides is 1. The third-order valence-corrected chi connectivity index (χ3v) is 1.71. The minimum Gasteiger partial charge on any atom is -0.361 e. The number of rotatable bonds is 1. The lowest BCUT2D eigenvalue weighted by molar-refractivity contribution is -0.137. The van der Waals surface area contributed by atoms with Crippen molar-refractivity contribution < 1.29 is 9.59 Å². The Balaban J connectivity index is 2.50. The topological polar surface area (TPSA) is 84.6 Å². The van der Waals surface area contributed by atoms with Crippen molar-refractivity contribution in [2.45, 2.75) is 19.8 Å². The standard InChI is InChI=1S/C8H11N3O2/c1-5-2-3-6(4-5)10-11-8(13)7(9)12/h4H,2-3H2,1H3,(H2,9,12)(H,11,13)/b10-6+. The van der Waals surface area contributed by atoms with Gasteiger partial charge in [0.25, 0.3) is 0 Å². The highest BCUT2D eigenvalue weighted by Gasteiger charge is 2.09. The van der Waals surface area contributed by atoms with E-state index >= 15 is 0 Å². The molecule has 0 atom stereocenters. The number of nitrogens with one attached hydrogen (secondary N) is 1. The van der Waals surface area contributed by atoms with Crippen molar-refractivity contribution in [2.24, 2.45) is 10.8 Å². The number of hydrazone groups is 1. The Morgan fingerprint density at radius 3 is 2.69 bits per heavy atom. The van der Waals surface area contributed by atoms with Crippen molar-refractivity contribution in [2.75, 3.05) is 0 Å². The molecule has 0 aromatic carbocycles. The van der Waals surface area contributed by atoms with Gasteiger partial charge >= 0.3 is 11.8 Å². The molecule has 70 valence electrons. The summed E-state index contributed by atoms with van der Waals surface area (Å²) in [7, 11) is 0. The average Bonchev–Trinajstić information content (AvgIpc) is 2.47. The molecule has 0 aromatic heterocycles. The number of amides is 2. The highest BCUT2D eigenvalue weighted by molar-refractivity contribution is 6.34. The van der Waals surface area contributed by atoms with Crippen molar-refractivity contribution in [3.63, 3.8) is 0 Å². The summed E-state index contributed by atoms with van der Waals surface area (Å²) in [5.41, 5.74) is 8.77. The molecule has 5 heteroatoms. The van der Waals surface area contributed by atoms with Gasteiger partial charge in [-0.25, -0.2) is 5.43 Å². The third-order valence-electron chi connectivity index (χ3n) is 1.71. The Labute approximate surface area is 75.7 Å². The second-order valence-electron chi connectivity index (χ2n) is 2.90. The number of allylic oxidation sites excluding steroid dienone is 2. The summed E-state index contributed by atoms with van der Waals surface area (Å²) in [6.07, 6.45) is 3.62. The van der Waals surface area contributed by atoms with E-state index in [0.29, 0.717) is 0 Å². The lowest BCUT2D eigenvalue weighted by Crippen LogP contribution is -2.33. The van der Waals surface area contributed by atoms with Crippen molar-refractivity contribution in [3.05, 3.63) is 11.6 Å². The van der Waals surface area contributed by atoms with E-state index in [1.807, 2.05) is 13.0 Å².